The molecule has 3 heterocycles. The van der Waals surface area contributed by atoms with E-state index in [0.29, 0.717) is 18.3 Å². The fourth-order valence-corrected chi connectivity index (χ4v) is 2.63. The number of aromatic nitrogens is 4. The number of ether oxygens (including phenoxy) is 1. The largest absolute Gasteiger partial charge is 0.481 e. The zero-order valence-corrected chi connectivity index (χ0v) is 13.6. The van der Waals surface area contributed by atoms with Gasteiger partial charge in [0.1, 0.15) is 11.3 Å². The maximum Gasteiger partial charge on any atom is 0.212 e. The summed E-state index contributed by atoms with van der Waals surface area (Å²) in [5, 5.41) is 0. The Balaban J connectivity index is 2.01. The second-order valence-corrected chi connectivity index (χ2v) is 5.64. The lowest BCUT2D eigenvalue weighted by molar-refractivity contribution is 0.397. The van der Waals surface area contributed by atoms with Crippen LogP contribution in [0.5, 0.6) is 5.88 Å². The molecule has 0 aliphatic rings. The lowest BCUT2D eigenvalue weighted by Crippen LogP contribution is -2.05. The number of rotatable bonds is 4. The van der Waals surface area contributed by atoms with Crippen LogP contribution in [0.25, 0.3) is 11.2 Å². The maximum absolute atomic E-state index is 6.00. The predicted octanol–water partition coefficient (Wildman–Crippen LogP) is 3.38. The molecule has 0 aromatic carbocycles. The summed E-state index contributed by atoms with van der Waals surface area (Å²) in [7, 11) is 1.60. The van der Waals surface area contributed by atoms with E-state index in [0.717, 1.165) is 27.0 Å². The summed E-state index contributed by atoms with van der Waals surface area (Å²) in [6.07, 6.45) is 3.53. The monoisotopic (exact) mass is 366 g/mol. The minimum absolute atomic E-state index is 0.331. The molecule has 0 fully saturated rings. The molecule has 3 aromatic heterocycles. The second-order valence-electron chi connectivity index (χ2n) is 4.45. The Morgan fingerprint density at radius 2 is 2.14 bits per heavy atom. The number of hydrogen-bond acceptors (Lipinski definition) is 4. The fraction of sp³-hybridized carbons (Fsp3) is 0.214. The summed E-state index contributed by atoms with van der Waals surface area (Å²) < 4.78 is 7.96. The van der Waals surface area contributed by atoms with Gasteiger partial charge in [-0.2, -0.15) is 0 Å². The lowest BCUT2D eigenvalue weighted by atomic mass is 10.3. The van der Waals surface area contributed by atoms with E-state index in [1.165, 1.54) is 0 Å². The molecule has 0 radical (unpaired) electrons. The van der Waals surface area contributed by atoms with Crippen LogP contribution in [-0.2, 0) is 12.4 Å². The van der Waals surface area contributed by atoms with E-state index in [1.807, 2.05) is 22.8 Å². The van der Waals surface area contributed by atoms with Crippen LogP contribution in [0.4, 0.5) is 0 Å². The highest BCUT2D eigenvalue weighted by atomic mass is 79.9. The van der Waals surface area contributed by atoms with Gasteiger partial charge in [-0.1, -0.05) is 6.07 Å². The van der Waals surface area contributed by atoms with Crippen LogP contribution in [0.3, 0.4) is 0 Å². The van der Waals surface area contributed by atoms with E-state index in [-0.39, 0.29) is 0 Å². The van der Waals surface area contributed by atoms with Gasteiger partial charge in [-0.25, -0.2) is 15.0 Å². The molecule has 7 heteroatoms. The Labute approximate surface area is 135 Å². The summed E-state index contributed by atoms with van der Waals surface area (Å²) in [4.78, 5) is 13.2. The van der Waals surface area contributed by atoms with Gasteiger partial charge >= 0.3 is 0 Å². The highest BCUT2D eigenvalue weighted by molar-refractivity contribution is 9.10. The topological polar surface area (TPSA) is 52.8 Å². The van der Waals surface area contributed by atoms with Crippen molar-refractivity contribution in [1.29, 1.82) is 0 Å². The Hall–Kier alpha value is -1.66. The van der Waals surface area contributed by atoms with E-state index in [9.17, 15) is 0 Å². The molecule has 3 aromatic rings. The molecule has 0 amide bonds. The van der Waals surface area contributed by atoms with Gasteiger partial charge in [-0.3, -0.25) is 0 Å². The van der Waals surface area contributed by atoms with Gasteiger partial charge in [0.05, 0.1) is 19.5 Å². The van der Waals surface area contributed by atoms with Crippen LogP contribution in [0, 0.1) is 0 Å². The molecule has 0 N–H and O–H groups in total. The summed E-state index contributed by atoms with van der Waals surface area (Å²) in [6, 6.07) is 5.73. The Morgan fingerprint density at radius 1 is 1.29 bits per heavy atom. The van der Waals surface area contributed by atoms with Crippen molar-refractivity contribution in [2.45, 2.75) is 12.4 Å². The highest BCUT2D eigenvalue weighted by Crippen LogP contribution is 2.21. The van der Waals surface area contributed by atoms with Crippen LogP contribution < -0.4 is 4.74 Å². The number of alkyl halides is 1. The molecule has 5 nitrogen and oxygen atoms in total. The predicted molar refractivity (Wildman–Crippen MR) is 84.7 cm³/mol. The zero-order chi connectivity index (χ0) is 14.8. The molecule has 0 aliphatic heterocycles. The number of methoxy groups -OCH3 is 1. The van der Waals surface area contributed by atoms with E-state index in [4.69, 9.17) is 16.3 Å². The van der Waals surface area contributed by atoms with Crippen LogP contribution in [0.2, 0.25) is 0 Å². The Kier molecular flexibility index (Phi) is 4.07. The molecular weight excluding hydrogens is 356 g/mol. The van der Waals surface area contributed by atoms with Crippen molar-refractivity contribution >= 4 is 38.7 Å². The lowest BCUT2D eigenvalue weighted by Gasteiger charge is -2.07. The first-order valence-corrected chi connectivity index (χ1v) is 7.59. The van der Waals surface area contributed by atoms with Crippen molar-refractivity contribution in [2.75, 3.05) is 7.11 Å². The van der Waals surface area contributed by atoms with E-state index in [2.05, 4.69) is 30.9 Å². The van der Waals surface area contributed by atoms with E-state index < -0.39 is 0 Å². The molecule has 0 atom stereocenters. The molecule has 0 bridgehead atoms. The van der Waals surface area contributed by atoms with Crippen LogP contribution in [-0.4, -0.2) is 26.6 Å². The van der Waals surface area contributed by atoms with Crippen molar-refractivity contribution < 1.29 is 4.74 Å². The third kappa shape index (κ3) is 2.87. The Morgan fingerprint density at radius 3 is 2.81 bits per heavy atom. The second kappa shape index (κ2) is 5.99. The average molecular weight is 368 g/mol. The number of halogens is 2. The third-order valence-electron chi connectivity index (χ3n) is 3.10. The van der Waals surface area contributed by atoms with Gasteiger partial charge in [0.15, 0.2) is 5.65 Å². The molecule has 0 saturated heterocycles. The molecule has 0 saturated carbocycles. The number of hydrogen-bond donors (Lipinski definition) is 0. The van der Waals surface area contributed by atoms with Gasteiger partial charge < -0.3 is 9.30 Å². The number of fused-ring (bicyclic) bond motifs is 1. The zero-order valence-electron chi connectivity index (χ0n) is 11.3. The first kappa shape index (κ1) is 14.3. The SMILES string of the molecule is COc1ccc(Cn2c(CCl)nc3cc(Br)cnc32)cn1. The van der Waals surface area contributed by atoms with Gasteiger partial charge in [0.2, 0.25) is 5.88 Å². The first-order valence-electron chi connectivity index (χ1n) is 6.27. The van der Waals surface area contributed by atoms with Crippen LogP contribution in [0.15, 0.2) is 35.1 Å². The molecule has 108 valence electrons. The minimum Gasteiger partial charge on any atom is -0.481 e. The first-order chi connectivity index (χ1) is 10.2. The molecule has 0 spiro atoms. The van der Waals surface area contributed by atoms with Crippen molar-refractivity contribution in [2.24, 2.45) is 0 Å². The molecule has 0 unspecified atom stereocenters. The van der Waals surface area contributed by atoms with Crippen LogP contribution in [0.1, 0.15) is 11.4 Å². The van der Waals surface area contributed by atoms with E-state index in [1.54, 1.807) is 19.5 Å². The smallest absolute Gasteiger partial charge is 0.212 e. The molecule has 21 heavy (non-hydrogen) atoms. The van der Waals surface area contributed by atoms with Gasteiger partial charge in [-0.15, -0.1) is 11.6 Å². The average Bonchev–Trinajstić information content (AvgIpc) is 2.85. The molecule has 0 aliphatic carbocycles. The quantitative estimate of drug-likeness (QED) is 0.663. The molecular formula is C14H12BrClN4O. The number of pyridine rings is 2. The van der Waals surface area contributed by atoms with Crippen molar-refractivity contribution in [1.82, 2.24) is 19.5 Å². The van der Waals surface area contributed by atoms with Gasteiger partial charge in [-0.05, 0) is 27.6 Å². The maximum atomic E-state index is 6.00. The normalized spacial score (nSPS) is 11.0. The number of nitrogens with zero attached hydrogens (tertiary/aromatic N) is 4. The fourth-order valence-electron chi connectivity index (χ4n) is 2.11. The highest BCUT2D eigenvalue weighted by Gasteiger charge is 2.12. The van der Waals surface area contributed by atoms with E-state index >= 15 is 0 Å². The standard InChI is InChI=1S/C14H12BrClN4O/c1-21-13-3-2-9(6-17-13)8-20-12(5-16)19-11-4-10(15)7-18-14(11)20/h2-4,6-7H,5,8H2,1H3. The summed E-state index contributed by atoms with van der Waals surface area (Å²) >= 11 is 9.40. The third-order valence-corrected chi connectivity index (χ3v) is 3.77. The van der Waals surface area contributed by atoms with Gasteiger partial charge in [0, 0.05) is 22.9 Å². The van der Waals surface area contributed by atoms with Crippen LogP contribution >= 0.6 is 27.5 Å². The van der Waals surface area contributed by atoms with Crippen molar-refractivity contribution in [3.63, 3.8) is 0 Å². The Bertz CT molecular complexity index is 772. The van der Waals surface area contributed by atoms with Crippen molar-refractivity contribution in [3.8, 4) is 5.88 Å². The van der Waals surface area contributed by atoms with Crippen molar-refractivity contribution in [3.05, 3.63) is 46.5 Å². The summed E-state index contributed by atoms with van der Waals surface area (Å²) in [6.45, 7) is 0.615. The minimum atomic E-state index is 0.331. The number of imidazole rings is 1. The van der Waals surface area contributed by atoms with Gasteiger partial charge in [0.25, 0.3) is 0 Å². The summed E-state index contributed by atoms with van der Waals surface area (Å²) in [5.41, 5.74) is 2.66. The summed E-state index contributed by atoms with van der Waals surface area (Å²) in [5.74, 6) is 1.71. The molecule has 3 rings (SSSR count).